The van der Waals surface area contributed by atoms with Gasteiger partial charge < -0.3 is 4.55 Å². The normalized spacial score (nSPS) is 11.4. The summed E-state index contributed by atoms with van der Waals surface area (Å²) in [7, 11) is -4.46. The summed E-state index contributed by atoms with van der Waals surface area (Å²) in [5.41, 5.74) is 0. The van der Waals surface area contributed by atoms with Crippen molar-refractivity contribution in [3.05, 3.63) is 30.3 Å². The molecule has 0 saturated heterocycles. The molecule has 0 aliphatic heterocycles. The van der Waals surface area contributed by atoms with Crippen molar-refractivity contribution in [2.75, 3.05) is 11.5 Å². The van der Waals surface area contributed by atoms with E-state index < -0.39 is 10.1 Å². The van der Waals surface area contributed by atoms with Crippen molar-refractivity contribution < 1.29 is 42.5 Å². The third kappa shape index (κ3) is 5.96. The van der Waals surface area contributed by atoms with E-state index in [9.17, 15) is 13.0 Å². The maximum atomic E-state index is 11.5. The zero-order valence-corrected chi connectivity index (χ0v) is 18.1. The topological polar surface area (TPSA) is 57.2 Å². The smallest absolute Gasteiger partial charge is 0.744 e. The average Bonchev–Trinajstić information content (AvgIpc) is 2.48. The SMILES string of the molecule is CCCSc1ccc2cc(S(=O)(=O)[O-])c(SCCC)cc2c1.[Na+]. The fourth-order valence-corrected chi connectivity index (χ4v) is 4.77. The van der Waals surface area contributed by atoms with Gasteiger partial charge in [0.2, 0.25) is 0 Å². The van der Waals surface area contributed by atoms with Gasteiger partial charge in [-0.2, -0.15) is 0 Å². The fourth-order valence-electron chi connectivity index (χ4n) is 2.06. The molecule has 0 amide bonds. The summed E-state index contributed by atoms with van der Waals surface area (Å²) in [5, 5.41) is 1.77. The van der Waals surface area contributed by atoms with Gasteiger partial charge in [-0.3, -0.25) is 0 Å². The zero-order valence-electron chi connectivity index (χ0n) is 13.7. The first-order valence-electron chi connectivity index (χ1n) is 7.25. The van der Waals surface area contributed by atoms with Gasteiger partial charge in [-0.25, -0.2) is 8.42 Å². The Kier molecular flexibility index (Phi) is 9.01. The Morgan fingerprint density at radius 1 is 0.957 bits per heavy atom. The van der Waals surface area contributed by atoms with Gasteiger partial charge in [-0.15, -0.1) is 23.5 Å². The Labute approximate surface area is 169 Å². The standard InChI is InChI=1S/C16H20O3S3.Na/c1-3-7-20-14-6-5-12-11-16(22(17,18)19)15(21-8-4-2)10-13(12)9-14;/h5-6,9-11H,3-4,7-8H2,1-2H3,(H,17,18,19);/q;+1/p-1. The molecule has 2 rings (SSSR count). The van der Waals surface area contributed by atoms with Gasteiger partial charge in [-0.05, 0) is 59.4 Å². The molecular formula is C16H19NaO3S3. The molecular weight excluding hydrogens is 359 g/mol. The molecule has 7 heteroatoms. The Balaban J connectivity index is 0.00000264. The number of benzene rings is 2. The van der Waals surface area contributed by atoms with Crippen LogP contribution in [0.15, 0.2) is 45.0 Å². The van der Waals surface area contributed by atoms with Gasteiger partial charge in [0.15, 0.2) is 0 Å². The summed E-state index contributed by atoms with van der Waals surface area (Å²) in [5.74, 6) is 1.84. The van der Waals surface area contributed by atoms with Crippen molar-refractivity contribution in [2.24, 2.45) is 0 Å². The number of rotatable bonds is 7. The second kappa shape index (κ2) is 9.70. The van der Waals surface area contributed by atoms with E-state index in [-0.39, 0.29) is 34.5 Å². The van der Waals surface area contributed by atoms with Crippen molar-refractivity contribution >= 4 is 44.4 Å². The molecule has 0 heterocycles. The van der Waals surface area contributed by atoms with Crippen LogP contribution in [0.5, 0.6) is 0 Å². The molecule has 0 unspecified atom stereocenters. The fraction of sp³-hybridized carbons (Fsp3) is 0.375. The van der Waals surface area contributed by atoms with Crippen LogP contribution in [0.25, 0.3) is 10.8 Å². The summed E-state index contributed by atoms with van der Waals surface area (Å²) in [4.78, 5) is 1.62. The first-order chi connectivity index (χ1) is 10.5. The average molecular weight is 379 g/mol. The zero-order chi connectivity index (χ0) is 16.2. The third-order valence-electron chi connectivity index (χ3n) is 3.08. The van der Waals surface area contributed by atoms with E-state index in [0.29, 0.717) is 4.90 Å². The number of hydrogen-bond donors (Lipinski definition) is 0. The number of fused-ring (bicyclic) bond motifs is 1. The molecule has 2 aromatic carbocycles. The molecule has 0 aliphatic rings. The molecule has 0 N–H and O–H groups in total. The van der Waals surface area contributed by atoms with E-state index in [4.69, 9.17) is 0 Å². The Morgan fingerprint density at radius 3 is 2.22 bits per heavy atom. The third-order valence-corrected chi connectivity index (χ3v) is 6.54. The molecule has 0 fully saturated rings. The van der Waals surface area contributed by atoms with Crippen LogP contribution in [0, 0.1) is 0 Å². The molecule has 0 bridgehead atoms. The summed E-state index contributed by atoms with van der Waals surface area (Å²) in [6.45, 7) is 4.16. The van der Waals surface area contributed by atoms with Gasteiger partial charge >= 0.3 is 29.6 Å². The minimum absolute atomic E-state index is 0. The number of thioether (sulfide) groups is 2. The molecule has 3 nitrogen and oxygen atoms in total. The first-order valence-corrected chi connectivity index (χ1v) is 10.6. The van der Waals surface area contributed by atoms with E-state index in [1.54, 1.807) is 11.8 Å². The van der Waals surface area contributed by atoms with E-state index >= 15 is 0 Å². The minimum Gasteiger partial charge on any atom is -0.744 e. The van der Waals surface area contributed by atoms with Crippen molar-refractivity contribution in [3.63, 3.8) is 0 Å². The second-order valence-electron chi connectivity index (χ2n) is 4.96. The van der Waals surface area contributed by atoms with Gasteiger partial charge in [0.25, 0.3) is 0 Å². The molecule has 0 aromatic heterocycles. The van der Waals surface area contributed by atoms with Crippen LogP contribution in [0.2, 0.25) is 0 Å². The predicted octanol–water partition coefficient (Wildman–Crippen LogP) is 1.75. The molecule has 0 atom stereocenters. The van der Waals surface area contributed by atoms with Crippen LogP contribution < -0.4 is 29.6 Å². The quantitative estimate of drug-likeness (QED) is 0.417. The largest absolute Gasteiger partial charge is 1.00 e. The maximum absolute atomic E-state index is 11.5. The van der Waals surface area contributed by atoms with E-state index in [1.165, 1.54) is 22.7 Å². The van der Waals surface area contributed by atoms with Crippen molar-refractivity contribution in [2.45, 2.75) is 41.4 Å². The van der Waals surface area contributed by atoms with Gasteiger partial charge in [0.05, 0.1) is 4.90 Å². The Morgan fingerprint density at radius 2 is 1.61 bits per heavy atom. The van der Waals surface area contributed by atoms with Crippen LogP contribution in [0.4, 0.5) is 0 Å². The summed E-state index contributed by atoms with van der Waals surface area (Å²) < 4.78 is 34.5. The van der Waals surface area contributed by atoms with Crippen molar-refractivity contribution in [1.29, 1.82) is 0 Å². The van der Waals surface area contributed by atoms with Crippen LogP contribution in [0.3, 0.4) is 0 Å². The van der Waals surface area contributed by atoms with Crippen molar-refractivity contribution in [3.8, 4) is 0 Å². The molecule has 2 aromatic rings. The van der Waals surface area contributed by atoms with Crippen LogP contribution >= 0.6 is 23.5 Å². The Bertz CT molecular complexity index is 760. The minimum atomic E-state index is -4.46. The molecule has 0 spiro atoms. The van der Waals surface area contributed by atoms with Crippen LogP contribution in [-0.4, -0.2) is 24.5 Å². The van der Waals surface area contributed by atoms with Crippen LogP contribution in [0.1, 0.15) is 26.7 Å². The van der Waals surface area contributed by atoms with E-state index in [1.807, 2.05) is 25.1 Å². The summed E-state index contributed by atoms with van der Waals surface area (Å²) in [6, 6.07) is 9.26. The predicted molar refractivity (Wildman–Crippen MR) is 93.9 cm³/mol. The molecule has 0 saturated carbocycles. The first kappa shape index (κ1) is 21.4. The number of hydrogen-bond acceptors (Lipinski definition) is 5. The van der Waals surface area contributed by atoms with Crippen LogP contribution in [-0.2, 0) is 10.1 Å². The molecule has 23 heavy (non-hydrogen) atoms. The molecule has 0 aliphatic carbocycles. The van der Waals surface area contributed by atoms with Gasteiger partial charge in [-0.1, -0.05) is 19.9 Å². The van der Waals surface area contributed by atoms with E-state index in [0.717, 1.165) is 35.1 Å². The molecule has 0 radical (unpaired) electrons. The monoisotopic (exact) mass is 378 g/mol. The van der Waals surface area contributed by atoms with Gasteiger partial charge in [0, 0.05) is 9.79 Å². The summed E-state index contributed by atoms with van der Waals surface area (Å²) >= 11 is 3.21. The maximum Gasteiger partial charge on any atom is 1.00 e. The molecule has 120 valence electrons. The second-order valence-corrected chi connectivity index (χ2v) is 8.61. The van der Waals surface area contributed by atoms with E-state index in [2.05, 4.69) is 13.0 Å². The summed E-state index contributed by atoms with van der Waals surface area (Å²) in [6.07, 6.45) is 2.03. The van der Waals surface area contributed by atoms with Gasteiger partial charge in [0.1, 0.15) is 10.1 Å². The Hall–Kier alpha value is 0.310. The van der Waals surface area contributed by atoms with Crippen molar-refractivity contribution in [1.82, 2.24) is 0 Å².